The van der Waals surface area contributed by atoms with Crippen molar-refractivity contribution in [3.8, 4) is 10.6 Å². The number of para-hydroxylation sites is 1. The van der Waals surface area contributed by atoms with Crippen LogP contribution < -0.4 is 4.90 Å². The van der Waals surface area contributed by atoms with E-state index in [0.29, 0.717) is 11.3 Å². The molecule has 0 aliphatic rings. The minimum atomic E-state index is -0.410. The molecule has 1 amide bonds. The predicted molar refractivity (Wildman–Crippen MR) is 100 cm³/mol. The van der Waals surface area contributed by atoms with Gasteiger partial charge in [-0.15, -0.1) is 11.3 Å². The fourth-order valence-electron chi connectivity index (χ4n) is 2.78. The molecule has 0 aliphatic carbocycles. The van der Waals surface area contributed by atoms with E-state index in [9.17, 15) is 9.18 Å². The highest BCUT2D eigenvalue weighted by Crippen LogP contribution is 2.33. The van der Waals surface area contributed by atoms with Crippen molar-refractivity contribution in [1.82, 2.24) is 15.0 Å². The number of hydrogen-bond acceptors (Lipinski definition) is 4. The van der Waals surface area contributed by atoms with Crippen LogP contribution in [0.3, 0.4) is 0 Å². The maximum absolute atomic E-state index is 14.3. The summed E-state index contributed by atoms with van der Waals surface area (Å²) in [5.41, 5.74) is 2.78. The van der Waals surface area contributed by atoms with Gasteiger partial charge < -0.3 is 9.88 Å². The number of aromatic nitrogens is 3. The molecule has 0 spiro atoms. The largest absolute Gasteiger partial charge is 0.347 e. The van der Waals surface area contributed by atoms with E-state index in [2.05, 4.69) is 15.0 Å². The summed E-state index contributed by atoms with van der Waals surface area (Å²) in [7, 11) is 0. The maximum atomic E-state index is 14.3. The number of amides is 1. The molecule has 4 rings (SSSR count). The Morgan fingerprint density at radius 2 is 2.12 bits per heavy atom. The molecular weight excluding hydrogens is 351 g/mol. The molecule has 2 heterocycles. The number of fused-ring (bicyclic) bond motifs is 1. The van der Waals surface area contributed by atoms with Gasteiger partial charge in [-0.25, -0.2) is 14.4 Å². The minimum absolute atomic E-state index is 0.180. The van der Waals surface area contributed by atoms with Crippen LogP contribution in [0.25, 0.3) is 20.8 Å². The van der Waals surface area contributed by atoms with Gasteiger partial charge in [-0.1, -0.05) is 12.1 Å². The smallest absolute Gasteiger partial charge is 0.224 e. The molecule has 0 atom stereocenters. The third kappa shape index (κ3) is 3.21. The van der Waals surface area contributed by atoms with Gasteiger partial charge in [0.1, 0.15) is 10.8 Å². The number of hydrogen-bond donors (Lipinski definition) is 1. The summed E-state index contributed by atoms with van der Waals surface area (Å²) in [6.07, 6.45) is 3.19. The molecule has 26 heavy (non-hydrogen) atoms. The fraction of sp³-hybridized carbons (Fsp3) is 0.105. The van der Waals surface area contributed by atoms with Crippen molar-refractivity contribution in [2.24, 2.45) is 0 Å². The highest BCUT2D eigenvalue weighted by molar-refractivity contribution is 7.21. The summed E-state index contributed by atoms with van der Waals surface area (Å²) in [6.45, 7) is 1.75. The summed E-state index contributed by atoms with van der Waals surface area (Å²) < 4.78 is 15.3. The van der Waals surface area contributed by atoms with E-state index in [1.54, 1.807) is 18.6 Å². The zero-order valence-corrected chi connectivity index (χ0v) is 14.8. The van der Waals surface area contributed by atoms with Crippen molar-refractivity contribution in [2.75, 3.05) is 4.90 Å². The number of nitrogens with zero attached hydrogens (tertiary/aromatic N) is 3. The number of carbonyl (C=O) groups excluding carboxylic acids is 1. The summed E-state index contributed by atoms with van der Waals surface area (Å²) in [5, 5.41) is 0.719. The molecule has 4 aromatic rings. The molecule has 2 aromatic carbocycles. The van der Waals surface area contributed by atoms with Crippen molar-refractivity contribution in [2.45, 2.75) is 13.5 Å². The number of benzene rings is 2. The lowest BCUT2D eigenvalue weighted by molar-refractivity contribution is -0.116. The molecule has 1 N–H and O–H groups in total. The summed E-state index contributed by atoms with van der Waals surface area (Å²) in [6, 6.07) is 12.4. The SMILES string of the molecule is CC(=O)N(Cc1cnc[nH]1)c1cc(F)cc(-c2nc3ccccc3s2)c1. The van der Waals surface area contributed by atoms with E-state index in [0.717, 1.165) is 20.9 Å². The number of rotatable bonds is 4. The van der Waals surface area contributed by atoms with Crippen LogP contribution in [-0.2, 0) is 11.3 Å². The van der Waals surface area contributed by atoms with Gasteiger partial charge in [-0.3, -0.25) is 4.79 Å². The van der Waals surface area contributed by atoms with Crippen LogP contribution in [0, 0.1) is 5.82 Å². The van der Waals surface area contributed by atoms with Crippen molar-refractivity contribution < 1.29 is 9.18 Å². The van der Waals surface area contributed by atoms with E-state index < -0.39 is 5.82 Å². The molecule has 0 aliphatic heterocycles. The van der Waals surface area contributed by atoms with Gasteiger partial charge >= 0.3 is 0 Å². The van der Waals surface area contributed by atoms with Gasteiger partial charge in [0.25, 0.3) is 0 Å². The standard InChI is InChI=1S/C19H15FN4OS/c1-12(25)24(10-15-9-21-11-22-15)16-7-13(6-14(20)8-16)19-23-17-4-2-3-5-18(17)26-19/h2-9,11H,10H2,1H3,(H,21,22). The second kappa shape index (κ2) is 6.68. The zero-order valence-electron chi connectivity index (χ0n) is 13.9. The quantitative estimate of drug-likeness (QED) is 0.583. The normalized spacial score (nSPS) is 11.0. The highest BCUT2D eigenvalue weighted by Gasteiger charge is 2.16. The van der Waals surface area contributed by atoms with E-state index in [1.807, 2.05) is 24.3 Å². The number of anilines is 1. The molecule has 0 radical (unpaired) electrons. The number of halogens is 1. The van der Waals surface area contributed by atoms with Crippen molar-refractivity contribution >= 4 is 33.1 Å². The van der Waals surface area contributed by atoms with Crippen molar-refractivity contribution in [3.63, 3.8) is 0 Å². The average Bonchev–Trinajstić information content (AvgIpc) is 3.28. The topological polar surface area (TPSA) is 61.9 Å². The molecule has 0 saturated carbocycles. The Bertz CT molecular complexity index is 1040. The van der Waals surface area contributed by atoms with E-state index >= 15 is 0 Å². The molecule has 2 aromatic heterocycles. The number of nitrogens with one attached hydrogen (secondary N) is 1. The van der Waals surface area contributed by atoms with Gasteiger partial charge in [-0.05, 0) is 30.3 Å². The van der Waals surface area contributed by atoms with Crippen LogP contribution in [0.5, 0.6) is 0 Å². The third-order valence-electron chi connectivity index (χ3n) is 4.00. The molecule has 5 nitrogen and oxygen atoms in total. The van der Waals surface area contributed by atoms with Crippen LogP contribution in [0.4, 0.5) is 10.1 Å². The van der Waals surface area contributed by atoms with Gasteiger partial charge in [0.15, 0.2) is 0 Å². The Hall–Kier alpha value is -3.06. The second-order valence-electron chi connectivity index (χ2n) is 5.87. The van der Waals surface area contributed by atoms with E-state index in [1.165, 1.54) is 35.3 Å². The van der Waals surface area contributed by atoms with Crippen molar-refractivity contribution in [3.05, 3.63) is 66.5 Å². The Kier molecular flexibility index (Phi) is 4.22. The fourth-order valence-corrected chi connectivity index (χ4v) is 3.73. The molecule has 130 valence electrons. The van der Waals surface area contributed by atoms with E-state index in [-0.39, 0.29) is 12.5 Å². The predicted octanol–water partition coefficient (Wildman–Crippen LogP) is 4.38. The van der Waals surface area contributed by atoms with Crippen LogP contribution in [-0.4, -0.2) is 20.9 Å². The first-order valence-corrected chi connectivity index (χ1v) is 8.84. The molecule has 0 saturated heterocycles. The van der Waals surface area contributed by atoms with Crippen molar-refractivity contribution in [1.29, 1.82) is 0 Å². The Morgan fingerprint density at radius 1 is 1.27 bits per heavy atom. The first-order chi connectivity index (χ1) is 12.6. The highest BCUT2D eigenvalue weighted by atomic mass is 32.1. The number of carbonyl (C=O) groups is 1. The Balaban J connectivity index is 1.76. The molecule has 7 heteroatoms. The van der Waals surface area contributed by atoms with Crippen LogP contribution in [0.2, 0.25) is 0 Å². The number of thiazole rings is 1. The summed E-state index contributed by atoms with van der Waals surface area (Å²) >= 11 is 1.50. The van der Waals surface area contributed by atoms with Crippen LogP contribution in [0.15, 0.2) is 55.0 Å². The van der Waals surface area contributed by atoms with Crippen LogP contribution >= 0.6 is 11.3 Å². The first kappa shape index (κ1) is 16.4. The first-order valence-electron chi connectivity index (χ1n) is 8.02. The van der Waals surface area contributed by atoms with Crippen LogP contribution in [0.1, 0.15) is 12.6 Å². The Labute approximate surface area is 153 Å². The lowest BCUT2D eigenvalue weighted by Gasteiger charge is -2.21. The number of H-pyrrole nitrogens is 1. The van der Waals surface area contributed by atoms with Gasteiger partial charge in [0.2, 0.25) is 5.91 Å². The minimum Gasteiger partial charge on any atom is -0.347 e. The Morgan fingerprint density at radius 3 is 2.85 bits per heavy atom. The lowest BCUT2D eigenvalue weighted by atomic mass is 10.1. The average molecular weight is 366 g/mol. The third-order valence-corrected chi connectivity index (χ3v) is 5.08. The molecular formula is C19H15FN4OS. The van der Waals surface area contributed by atoms with Gasteiger partial charge in [0.05, 0.1) is 28.8 Å². The van der Waals surface area contributed by atoms with Gasteiger partial charge in [-0.2, -0.15) is 0 Å². The zero-order chi connectivity index (χ0) is 18.1. The second-order valence-corrected chi connectivity index (χ2v) is 6.90. The summed E-state index contributed by atoms with van der Waals surface area (Å²) in [5.74, 6) is -0.590. The molecule has 0 bridgehead atoms. The van der Waals surface area contributed by atoms with E-state index in [4.69, 9.17) is 0 Å². The summed E-state index contributed by atoms with van der Waals surface area (Å²) in [4.78, 5) is 25.1. The number of imidazole rings is 1. The lowest BCUT2D eigenvalue weighted by Crippen LogP contribution is -2.28. The molecule has 0 fully saturated rings. The monoisotopic (exact) mass is 366 g/mol. The maximum Gasteiger partial charge on any atom is 0.224 e. The van der Waals surface area contributed by atoms with Gasteiger partial charge in [0, 0.05) is 24.4 Å². The molecule has 0 unspecified atom stereocenters. The number of aromatic amines is 1.